The lowest BCUT2D eigenvalue weighted by atomic mass is 10.3. The molecule has 7 nitrogen and oxygen atoms in total. The normalized spacial score (nSPS) is 10.5. The van der Waals surface area contributed by atoms with Crippen molar-refractivity contribution in [1.29, 1.82) is 0 Å². The number of unbranched alkanes of at least 4 members (excludes halogenated alkanes) is 2. The van der Waals surface area contributed by atoms with Gasteiger partial charge in [-0.1, -0.05) is 0 Å². The monoisotopic (exact) mass is 278 g/mol. The molecular weight excluding hydrogens is 256 g/mol. The van der Waals surface area contributed by atoms with Crippen molar-refractivity contribution in [2.24, 2.45) is 0 Å². The van der Waals surface area contributed by atoms with Crippen molar-refractivity contribution in [3.8, 4) is 0 Å². The largest absolute Gasteiger partial charge is 0.480 e. The summed E-state index contributed by atoms with van der Waals surface area (Å²) in [4.78, 5) is 20.3. The number of ether oxygens (including phenoxy) is 3. The van der Waals surface area contributed by atoms with Crippen molar-refractivity contribution >= 4 is 11.9 Å². The molecule has 112 valence electrons. The first-order valence-corrected chi connectivity index (χ1v) is 6.29. The van der Waals surface area contributed by atoms with E-state index in [9.17, 15) is 9.59 Å². The van der Waals surface area contributed by atoms with Crippen LogP contribution in [0.4, 0.5) is 0 Å². The summed E-state index contributed by atoms with van der Waals surface area (Å²) < 4.78 is 15.1. The lowest BCUT2D eigenvalue weighted by Gasteiger charge is -2.05. The maximum absolute atomic E-state index is 10.1. The lowest BCUT2D eigenvalue weighted by molar-refractivity contribution is -0.143. The molecule has 0 spiro atoms. The summed E-state index contributed by atoms with van der Waals surface area (Å²) >= 11 is 0. The Hall–Kier alpha value is -1.18. The van der Waals surface area contributed by atoms with Crippen LogP contribution in [0.15, 0.2) is 0 Å². The second-order valence-electron chi connectivity index (χ2n) is 3.92. The zero-order valence-electron chi connectivity index (χ0n) is 11.0. The average molecular weight is 278 g/mol. The molecule has 0 radical (unpaired) electrons. The van der Waals surface area contributed by atoms with Crippen LogP contribution in [0, 0.1) is 0 Å². The third kappa shape index (κ3) is 16.8. The van der Waals surface area contributed by atoms with Crippen molar-refractivity contribution in [2.75, 3.05) is 39.6 Å². The third-order valence-electron chi connectivity index (χ3n) is 2.11. The summed E-state index contributed by atoms with van der Waals surface area (Å²) in [5.74, 6) is -1.91. The highest BCUT2D eigenvalue weighted by atomic mass is 16.5. The molecule has 19 heavy (non-hydrogen) atoms. The average Bonchev–Trinajstić information content (AvgIpc) is 2.34. The molecule has 0 aromatic rings. The van der Waals surface area contributed by atoms with Gasteiger partial charge in [-0.2, -0.15) is 0 Å². The van der Waals surface area contributed by atoms with Gasteiger partial charge < -0.3 is 24.4 Å². The number of hydrogen-bond acceptors (Lipinski definition) is 5. The Bertz CT molecular complexity index is 218. The lowest BCUT2D eigenvalue weighted by Crippen LogP contribution is -2.09. The van der Waals surface area contributed by atoms with Crippen LogP contribution in [-0.2, 0) is 23.8 Å². The molecule has 0 rings (SSSR count). The first kappa shape index (κ1) is 17.8. The van der Waals surface area contributed by atoms with E-state index < -0.39 is 11.9 Å². The number of carbonyl (C=O) groups is 2. The molecule has 0 fully saturated rings. The minimum atomic E-state index is -0.957. The van der Waals surface area contributed by atoms with Crippen LogP contribution in [0.25, 0.3) is 0 Å². The number of carboxylic acid groups (broad SMARTS) is 2. The maximum atomic E-state index is 10.1. The zero-order valence-corrected chi connectivity index (χ0v) is 11.0. The molecule has 0 aliphatic carbocycles. The van der Waals surface area contributed by atoms with Crippen molar-refractivity contribution in [1.82, 2.24) is 0 Å². The SMILES string of the molecule is O=C(O)COCCCCOCCCCOCC(=O)O. The second kappa shape index (κ2) is 13.3. The van der Waals surface area contributed by atoms with Gasteiger partial charge >= 0.3 is 11.9 Å². The molecule has 0 atom stereocenters. The van der Waals surface area contributed by atoms with E-state index in [-0.39, 0.29) is 13.2 Å². The molecule has 0 aromatic carbocycles. The van der Waals surface area contributed by atoms with Crippen LogP contribution in [0.1, 0.15) is 25.7 Å². The highest BCUT2D eigenvalue weighted by molar-refractivity contribution is 5.68. The quantitative estimate of drug-likeness (QED) is 0.452. The summed E-state index contributed by atoms with van der Waals surface area (Å²) in [6.45, 7) is 1.59. The number of aliphatic carboxylic acids is 2. The van der Waals surface area contributed by atoms with Gasteiger partial charge in [0, 0.05) is 26.4 Å². The number of carboxylic acids is 2. The fourth-order valence-electron chi connectivity index (χ4n) is 1.24. The molecule has 0 saturated carbocycles. The Morgan fingerprint density at radius 3 is 1.26 bits per heavy atom. The van der Waals surface area contributed by atoms with Crippen LogP contribution >= 0.6 is 0 Å². The molecule has 0 aromatic heterocycles. The Balaban J connectivity index is 2.99. The Labute approximate surface area is 112 Å². The van der Waals surface area contributed by atoms with Gasteiger partial charge in [0.2, 0.25) is 0 Å². The fraction of sp³-hybridized carbons (Fsp3) is 0.833. The minimum Gasteiger partial charge on any atom is -0.480 e. The fourth-order valence-corrected chi connectivity index (χ4v) is 1.24. The van der Waals surface area contributed by atoms with E-state index in [1.807, 2.05) is 0 Å². The first-order valence-electron chi connectivity index (χ1n) is 6.29. The summed E-state index contributed by atoms with van der Waals surface area (Å²) in [6.07, 6.45) is 3.20. The van der Waals surface area contributed by atoms with Crippen molar-refractivity contribution in [3.05, 3.63) is 0 Å². The molecule has 0 aliphatic rings. The minimum absolute atomic E-state index is 0.253. The van der Waals surface area contributed by atoms with Gasteiger partial charge in [0.25, 0.3) is 0 Å². The van der Waals surface area contributed by atoms with Gasteiger partial charge in [-0.3, -0.25) is 0 Å². The van der Waals surface area contributed by atoms with Crippen LogP contribution < -0.4 is 0 Å². The number of rotatable bonds is 14. The Kier molecular flexibility index (Phi) is 12.4. The zero-order chi connectivity index (χ0) is 14.3. The van der Waals surface area contributed by atoms with Gasteiger partial charge in [-0.25, -0.2) is 9.59 Å². The van der Waals surface area contributed by atoms with E-state index in [0.717, 1.165) is 25.7 Å². The molecule has 2 N–H and O–H groups in total. The smallest absolute Gasteiger partial charge is 0.329 e. The predicted molar refractivity (Wildman–Crippen MR) is 66.2 cm³/mol. The highest BCUT2D eigenvalue weighted by Gasteiger charge is 1.97. The highest BCUT2D eigenvalue weighted by Crippen LogP contribution is 1.95. The third-order valence-corrected chi connectivity index (χ3v) is 2.11. The van der Waals surface area contributed by atoms with E-state index in [0.29, 0.717) is 26.4 Å². The molecule has 0 heterocycles. The summed E-state index contributed by atoms with van der Waals surface area (Å²) in [5.41, 5.74) is 0. The summed E-state index contributed by atoms with van der Waals surface area (Å²) in [7, 11) is 0. The van der Waals surface area contributed by atoms with Crippen LogP contribution in [0.2, 0.25) is 0 Å². The molecule has 0 aliphatic heterocycles. The predicted octanol–water partition coefficient (Wildman–Crippen LogP) is 0.766. The number of hydrogen-bond donors (Lipinski definition) is 2. The van der Waals surface area contributed by atoms with Crippen molar-refractivity contribution in [3.63, 3.8) is 0 Å². The summed E-state index contributed by atoms with van der Waals surface area (Å²) in [5, 5.41) is 16.6. The van der Waals surface area contributed by atoms with Gasteiger partial charge in [-0.05, 0) is 25.7 Å². The van der Waals surface area contributed by atoms with E-state index in [2.05, 4.69) is 0 Å². The topological polar surface area (TPSA) is 102 Å². The molecule has 0 amide bonds. The van der Waals surface area contributed by atoms with Gasteiger partial charge in [0.1, 0.15) is 13.2 Å². The molecular formula is C12H22O7. The molecule has 7 heteroatoms. The maximum Gasteiger partial charge on any atom is 0.329 e. The molecule has 0 unspecified atom stereocenters. The van der Waals surface area contributed by atoms with Gasteiger partial charge in [0.05, 0.1) is 0 Å². The van der Waals surface area contributed by atoms with Gasteiger partial charge in [0.15, 0.2) is 0 Å². The van der Waals surface area contributed by atoms with Crippen LogP contribution in [0.3, 0.4) is 0 Å². The van der Waals surface area contributed by atoms with Crippen molar-refractivity contribution in [2.45, 2.75) is 25.7 Å². The second-order valence-corrected chi connectivity index (χ2v) is 3.92. The molecule has 0 saturated heterocycles. The van der Waals surface area contributed by atoms with Crippen molar-refractivity contribution < 1.29 is 34.0 Å². The Morgan fingerprint density at radius 2 is 0.947 bits per heavy atom. The standard InChI is InChI=1S/C12H22O7/c13-11(14)9-18-7-3-1-5-17-6-2-4-8-19-10-12(15)16/h1-10H2,(H,13,14)(H,15,16). The Morgan fingerprint density at radius 1 is 0.632 bits per heavy atom. The van der Waals surface area contributed by atoms with Crippen LogP contribution in [-0.4, -0.2) is 61.8 Å². The van der Waals surface area contributed by atoms with Gasteiger partial charge in [-0.15, -0.1) is 0 Å². The van der Waals surface area contributed by atoms with Crippen LogP contribution in [0.5, 0.6) is 0 Å². The summed E-state index contributed by atoms with van der Waals surface area (Å²) in [6, 6.07) is 0. The first-order chi connectivity index (χ1) is 9.13. The van der Waals surface area contributed by atoms with E-state index >= 15 is 0 Å². The van der Waals surface area contributed by atoms with E-state index in [4.69, 9.17) is 24.4 Å². The van der Waals surface area contributed by atoms with E-state index in [1.165, 1.54) is 0 Å². The molecule has 0 bridgehead atoms. The van der Waals surface area contributed by atoms with E-state index in [1.54, 1.807) is 0 Å².